The van der Waals surface area contributed by atoms with Crippen molar-refractivity contribution >= 4 is 38.7 Å². The molecule has 2 aromatic heterocycles. The number of H-pyrrole nitrogens is 1. The standard InChI is InChI=1S/C7H5BrClN3/c1-3-10-5-2-4(8)6(9)12-7(5)11-3/h2H,1H3,(H,10,11,12). The first-order chi connectivity index (χ1) is 5.66. The molecule has 5 heteroatoms. The van der Waals surface area contributed by atoms with E-state index in [9.17, 15) is 0 Å². The van der Waals surface area contributed by atoms with Crippen LogP contribution in [0.1, 0.15) is 5.82 Å². The lowest BCUT2D eigenvalue weighted by Gasteiger charge is -1.92. The van der Waals surface area contributed by atoms with Crippen molar-refractivity contribution in [2.24, 2.45) is 0 Å². The van der Waals surface area contributed by atoms with Crippen LogP contribution in [0.5, 0.6) is 0 Å². The maximum absolute atomic E-state index is 5.79. The van der Waals surface area contributed by atoms with E-state index in [2.05, 4.69) is 30.9 Å². The number of hydrogen-bond donors (Lipinski definition) is 1. The van der Waals surface area contributed by atoms with Gasteiger partial charge in [-0.2, -0.15) is 0 Å². The Labute approximate surface area is 82.3 Å². The van der Waals surface area contributed by atoms with E-state index in [1.54, 1.807) is 0 Å². The summed E-state index contributed by atoms with van der Waals surface area (Å²) < 4.78 is 0.778. The lowest BCUT2D eigenvalue weighted by Crippen LogP contribution is -1.79. The molecule has 12 heavy (non-hydrogen) atoms. The number of hydrogen-bond acceptors (Lipinski definition) is 2. The lowest BCUT2D eigenvalue weighted by atomic mass is 10.4. The van der Waals surface area contributed by atoms with E-state index in [4.69, 9.17) is 11.6 Å². The molecule has 0 aromatic carbocycles. The highest BCUT2D eigenvalue weighted by Crippen LogP contribution is 2.23. The second-order valence-electron chi connectivity index (χ2n) is 2.45. The minimum Gasteiger partial charge on any atom is -0.341 e. The second-order valence-corrected chi connectivity index (χ2v) is 3.67. The molecular formula is C7H5BrClN3. The van der Waals surface area contributed by atoms with Crippen molar-refractivity contribution in [2.75, 3.05) is 0 Å². The number of aryl methyl sites for hydroxylation is 1. The molecule has 3 nitrogen and oxygen atoms in total. The number of imidazole rings is 1. The van der Waals surface area contributed by atoms with Crippen LogP contribution in [-0.4, -0.2) is 15.0 Å². The summed E-state index contributed by atoms with van der Waals surface area (Å²) in [5.74, 6) is 0.840. The quantitative estimate of drug-likeness (QED) is 0.726. The molecule has 0 fully saturated rings. The van der Waals surface area contributed by atoms with Crippen molar-refractivity contribution in [1.82, 2.24) is 15.0 Å². The Kier molecular flexibility index (Phi) is 1.81. The molecule has 0 atom stereocenters. The Bertz CT molecular complexity index is 398. The molecular weight excluding hydrogens is 241 g/mol. The third-order valence-corrected chi connectivity index (χ3v) is 2.62. The first kappa shape index (κ1) is 8.01. The first-order valence-electron chi connectivity index (χ1n) is 3.35. The van der Waals surface area contributed by atoms with Crippen LogP contribution < -0.4 is 0 Å². The summed E-state index contributed by atoms with van der Waals surface area (Å²) in [6.45, 7) is 1.88. The zero-order valence-corrected chi connectivity index (χ0v) is 8.57. The average molecular weight is 246 g/mol. The Hall–Kier alpha value is -0.610. The van der Waals surface area contributed by atoms with Crippen molar-refractivity contribution < 1.29 is 0 Å². The molecule has 0 saturated carbocycles. The number of aromatic amines is 1. The summed E-state index contributed by atoms with van der Waals surface area (Å²) >= 11 is 9.07. The van der Waals surface area contributed by atoms with Crippen molar-refractivity contribution in [3.05, 3.63) is 21.5 Å². The predicted molar refractivity (Wildman–Crippen MR) is 51.3 cm³/mol. The molecule has 0 spiro atoms. The molecule has 0 saturated heterocycles. The number of nitrogens with zero attached hydrogens (tertiary/aromatic N) is 2. The molecule has 2 rings (SSSR count). The number of fused-ring (bicyclic) bond motifs is 1. The minimum absolute atomic E-state index is 0.439. The monoisotopic (exact) mass is 245 g/mol. The Morgan fingerprint density at radius 1 is 1.50 bits per heavy atom. The third-order valence-electron chi connectivity index (χ3n) is 1.50. The fourth-order valence-electron chi connectivity index (χ4n) is 1.02. The van der Waals surface area contributed by atoms with Crippen LogP contribution in [0.4, 0.5) is 0 Å². The van der Waals surface area contributed by atoms with Gasteiger partial charge in [0.25, 0.3) is 0 Å². The molecule has 1 N–H and O–H groups in total. The summed E-state index contributed by atoms with van der Waals surface area (Å²) in [6.07, 6.45) is 0. The van der Waals surface area contributed by atoms with Gasteiger partial charge in [0.2, 0.25) is 0 Å². The highest BCUT2D eigenvalue weighted by molar-refractivity contribution is 9.10. The Morgan fingerprint density at radius 3 is 3.00 bits per heavy atom. The van der Waals surface area contributed by atoms with Crippen LogP contribution in [0.15, 0.2) is 10.5 Å². The van der Waals surface area contributed by atoms with Crippen LogP contribution in [-0.2, 0) is 0 Å². The van der Waals surface area contributed by atoms with Gasteiger partial charge in [0, 0.05) is 0 Å². The molecule has 2 heterocycles. The average Bonchev–Trinajstić information content (AvgIpc) is 2.30. The summed E-state index contributed by atoms with van der Waals surface area (Å²) in [5, 5.41) is 0.439. The zero-order valence-electron chi connectivity index (χ0n) is 6.23. The normalized spacial score (nSPS) is 10.9. The lowest BCUT2D eigenvalue weighted by molar-refractivity contribution is 1.16. The Balaban J connectivity index is 2.83. The van der Waals surface area contributed by atoms with E-state index in [0.29, 0.717) is 10.8 Å². The fraction of sp³-hybridized carbons (Fsp3) is 0.143. The third kappa shape index (κ3) is 1.21. The summed E-state index contributed by atoms with van der Waals surface area (Å²) in [6, 6.07) is 1.87. The highest BCUT2D eigenvalue weighted by Gasteiger charge is 2.04. The number of halogens is 2. The van der Waals surface area contributed by atoms with Gasteiger partial charge in [0.15, 0.2) is 5.65 Å². The predicted octanol–water partition coefficient (Wildman–Crippen LogP) is 2.68. The molecule has 0 aliphatic carbocycles. The van der Waals surface area contributed by atoms with E-state index in [1.807, 2.05) is 13.0 Å². The molecule has 0 aliphatic rings. The molecule has 2 aromatic rings. The topological polar surface area (TPSA) is 41.6 Å². The fourth-order valence-corrected chi connectivity index (χ4v) is 1.47. The molecule has 0 aliphatic heterocycles. The van der Waals surface area contributed by atoms with Gasteiger partial charge in [0.05, 0.1) is 9.99 Å². The second kappa shape index (κ2) is 2.71. The van der Waals surface area contributed by atoms with Crippen molar-refractivity contribution in [1.29, 1.82) is 0 Å². The molecule has 62 valence electrons. The SMILES string of the molecule is Cc1nc2nc(Cl)c(Br)cc2[nH]1. The number of nitrogens with one attached hydrogen (secondary N) is 1. The van der Waals surface area contributed by atoms with Gasteiger partial charge in [-0.1, -0.05) is 11.6 Å². The van der Waals surface area contributed by atoms with E-state index in [0.717, 1.165) is 15.8 Å². The van der Waals surface area contributed by atoms with Crippen molar-refractivity contribution in [3.8, 4) is 0 Å². The van der Waals surface area contributed by atoms with Crippen molar-refractivity contribution in [2.45, 2.75) is 6.92 Å². The number of aromatic nitrogens is 3. The van der Waals surface area contributed by atoms with E-state index in [1.165, 1.54) is 0 Å². The zero-order chi connectivity index (χ0) is 8.72. The van der Waals surface area contributed by atoms with Gasteiger partial charge in [-0.3, -0.25) is 0 Å². The van der Waals surface area contributed by atoms with Gasteiger partial charge in [0.1, 0.15) is 11.0 Å². The summed E-state index contributed by atoms with van der Waals surface area (Å²) in [7, 11) is 0. The van der Waals surface area contributed by atoms with Gasteiger partial charge >= 0.3 is 0 Å². The van der Waals surface area contributed by atoms with E-state index < -0.39 is 0 Å². The Morgan fingerprint density at radius 2 is 2.25 bits per heavy atom. The molecule has 0 amide bonds. The maximum atomic E-state index is 5.79. The summed E-state index contributed by atoms with van der Waals surface area (Å²) in [5.41, 5.74) is 1.55. The van der Waals surface area contributed by atoms with Gasteiger partial charge in [-0.05, 0) is 28.9 Å². The van der Waals surface area contributed by atoms with Crippen LogP contribution in [0.3, 0.4) is 0 Å². The largest absolute Gasteiger partial charge is 0.341 e. The molecule has 0 radical (unpaired) electrons. The van der Waals surface area contributed by atoms with Crippen LogP contribution in [0, 0.1) is 6.92 Å². The number of pyridine rings is 1. The highest BCUT2D eigenvalue weighted by atomic mass is 79.9. The summed E-state index contributed by atoms with van der Waals surface area (Å²) in [4.78, 5) is 11.3. The van der Waals surface area contributed by atoms with Crippen LogP contribution in [0.2, 0.25) is 5.15 Å². The van der Waals surface area contributed by atoms with E-state index in [-0.39, 0.29) is 0 Å². The molecule has 0 bridgehead atoms. The van der Waals surface area contributed by atoms with Crippen molar-refractivity contribution in [3.63, 3.8) is 0 Å². The van der Waals surface area contributed by atoms with Gasteiger partial charge in [-0.15, -0.1) is 0 Å². The number of rotatable bonds is 0. The minimum atomic E-state index is 0.439. The first-order valence-corrected chi connectivity index (χ1v) is 4.52. The van der Waals surface area contributed by atoms with Crippen LogP contribution >= 0.6 is 27.5 Å². The maximum Gasteiger partial charge on any atom is 0.179 e. The smallest absolute Gasteiger partial charge is 0.179 e. The van der Waals surface area contributed by atoms with Crippen LogP contribution in [0.25, 0.3) is 11.2 Å². The van der Waals surface area contributed by atoms with Gasteiger partial charge < -0.3 is 4.98 Å². The molecule has 0 unspecified atom stereocenters. The van der Waals surface area contributed by atoms with Gasteiger partial charge in [-0.25, -0.2) is 9.97 Å². The van der Waals surface area contributed by atoms with E-state index >= 15 is 0 Å².